The van der Waals surface area contributed by atoms with E-state index in [4.69, 9.17) is 14.9 Å². The number of likely N-dealkylation sites (tertiary alicyclic amines) is 2. The zero-order valence-corrected chi connectivity index (χ0v) is 17.3. The van der Waals surface area contributed by atoms with E-state index in [1.807, 2.05) is 6.07 Å². The highest BCUT2D eigenvalue weighted by Crippen LogP contribution is 2.45. The number of amides is 2. The Hall–Kier alpha value is -2.49. The Morgan fingerprint density at radius 1 is 1.33 bits per heavy atom. The molecule has 3 heterocycles. The molecule has 0 aliphatic carbocycles. The van der Waals surface area contributed by atoms with E-state index < -0.39 is 0 Å². The second kappa shape index (κ2) is 9.11. The average molecular weight is 439 g/mol. The van der Waals surface area contributed by atoms with Crippen LogP contribution in [-0.4, -0.2) is 59.9 Å². The molecule has 30 heavy (non-hydrogen) atoms. The standard InChI is InChI=1S/C20H23FN4O4.ClH/c1-28-11-18(26)25-8-13-7-24(20(27)16-10-29-17(6-22)23-16)9-15(13)19(25)12-3-2-4-14(21)5-12;/h2-5,10,13,15,19H,6-9,11,22H2,1H3;1H/t13-,15-,19+;/m1./s1. The SMILES string of the molecule is COCC(=O)N1C[C@H]2CN(C(=O)c3coc(CN)n3)C[C@H]2[C@@H]1c1cccc(F)c1.Cl. The summed E-state index contributed by atoms with van der Waals surface area (Å²) in [7, 11) is 1.47. The van der Waals surface area contributed by atoms with E-state index in [0.717, 1.165) is 5.56 Å². The van der Waals surface area contributed by atoms with Crippen molar-refractivity contribution in [1.29, 1.82) is 0 Å². The van der Waals surface area contributed by atoms with Crippen LogP contribution in [0, 0.1) is 17.7 Å². The number of hydrogen-bond acceptors (Lipinski definition) is 6. The van der Waals surface area contributed by atoms with Crippen LogP contribution in [0.2, 0.25) is 0 Å². The second-order valence-electron chi connectivity index (χ2n) is 7.44. The van der Waals surface area contributed by atoms with Crippen LogP contribution in [-0.2, 0) is 16.1 Å². The van der Waals surface area contributed by atoms with Gasteiger partial charge in [-0.25, -0.2) is 9.37 Å². The van der Waals surface area contributed by atoms with Crippen molar-refractivity contribution in [1.82, 2.24) is 14.8 Å². The summed E-state index contributed by atoms with van der Waals surface area (Å²) in [6.45, 7) is 1.53. The van der Waals surface area contributed by atoms with Crippen molar-refractivity contribution in [3.8, 4) is 0 Å². The van der Waals surface area contributed by atoms with Crippen molar-refractivity contribution in [2.75, 3.05) is 33.4 Å². The highest BCUT2D eigenvalue weighted by atomic mass is 35.5. The van der Waals surface area contributed by atoms with Gasteiger partial charge in [-0.3, -0.25) is 9.59 Å². The number of rotatable bonds is 5. The van der Waals surface area contributed by atoms with Crippen LogP contribution in [0.5, 0.6) is 0 Å². The van der Waals surface area contributed by atoms with E-state index in [1.54, 1.807) is 15.9 Å². The van der Waals surface area contributed by atoms with Gasteiger partial charge in [-0.15, -0.1) is 12.4 Å². The van der Waals surface area contributed by atoms with Crippen LogP contribution in [0.4, 0.5) is 4.39 Å². The maximum atomic E-state index is 13.9. The number of aromatic nitrogens is 1. The van der Waals surface area contributed by atoms with Gasteiger partial charge in [0.15, 0.2) is 5.69 Å². The number of carbonyl (C=O) groups is 2. The van der Waals surface area contributed by atoms with Crippen molar-refractivity contribution in [3.63, 3.8) is 0 Å². The highest BCUT2D eigenvalue weighted by molar-refractivity contribution is 5.92. The van der Waals surface area contributed by atoms with E-state index in [-0.39, 0.29) is 66.8 Å². The summed E-state index contributed by atoms with van der Waals surface area (Å²) >= 11 is 0. The van der Waals surface area contributed by atoms with Gasteiger partial charge in [-0.05, 0) is 17.7 Å². The lowest BCUT2D eigenvalue weighted by Gasteiger charge is -2.29. The Morgan fingerprint density at radius 2 is 2.13 bits per heavy atom. The van der Waals surface area contributed by atoms with E-state index >= 15 is 0 Å². The molecule has 1 aromatic heterocycles. The van der Waals surface area contributed by atoms with E-state index in [1.165, 1.54) is 25.5 Å². The molecule has 0 bridgehead atoms. The number of methoxy groups -OCH3 is 1. The fourth-order valence-electron chi connectivity index (χ4n) is 4.46. The topological polar surface area (TPSA) is 102 Å². The first-order valence-electron chi connectivity index (χ1n) is 9.49. The minimum atomic E-state index is -0.354. The lowest BCUT2D eigenvalue weighted by atomic mass is 9.89. The summed E-state index contributed by atoms with van der Waals surface area (Å²) < 4.78 is 24.1. The molecule has 1 aromatic carbocycles. The first kappa shape index (κ1) is 22.2. The first-order valence-corrected chi connectivity index (χ1v) is 9.49. The Morgan fingerprint density at radius 3 is 2.80 bits per heavy atom. The van der Waals surface area contributed by atoms with Crippen LogP contribution >= 0.6 is 12.4 Å². The van der Waals surface area contributed by atoms with Crippen LogP contribution < -0.4 is 5.73 Å². The monoisotopic (exact) mass is 438 g/mol. The number of carbonyl (C=O) groups excluding carboxylic acids is 2. The summed E-state index contributed by atoms with van der Waals surface area (Å²) in [5.41, 5.74) is 6.44. The Balaban J connectivity index is 0.00000256. The third kappa shape index (κ3) is 4.05. The van der Waals surface area contributed by atoms with Gasteiger partial charge >= 0.3 is 0 Å². The molecular weight excluding hydrogens is 415 g/mol. The highest BCUT2D eigenvalue weighted by Gasteiger charge is 2.50. The molecule has 0 unspecified atom stereocenters. The summed E-state index contributed by atoms with van der Waals surface area (Å²) in [6, 6.07) is 5.97. The molecule has 10 heteroatoms. The predicted molar refractivity (Wildman–Crippen MR) is 107 cm³/mol. The summed E-state index contributed by atoms with van der Waals surface area (Å²) in [5.74, 6) is -0.320. The Bertz CT molecular complexity index is 924. The van der Waals surface area contributed by atoms with E-state index in [9.17, 15) is 14.0 Å². The van der Waals surface area contributed by atoms with Gasteiger partial charge in [0, 0.05) is 38.6 Å². The number of fused-ring (bicyclic) bond motifs is 1. The molecule has 2 fully saturated rings. The third-order valence-corrected chi connectivity index (χ3v) is 5.68. The minimum absolute atomic E-state index is 0. The van der Waals surface area contributed by atoms with Gasteiger partial charge in [0.05, 0.1) is 12.6 Å². The minimum Gasteiger partial charge on any atom is -0.447 e. The molecule has 2 N–H and O–H groups in total. The van der Waals surface area contributed by atoms with Crippen LogP contribution in [0.15, 0.2) is 34.9 Å². The zero-order valence-electron chi connectivity index (χ0n) is 16.5. The molecule has 2 aromatic rings. The summed E-state index contributed by atoms with van der Waals surface area (Å²) in [4.78, 5) is 33.0. The number of oxazole rings is 1. The molecular formula is C20H24ClFN4O4. The molecule has 2 aliphatic rings. The molecule has 0 spiro atoms. The number of ether oxygens (including phenoxy) is 1. The van der Waals surface area contributed by atoms with Crippen molar-refractivity contribution >= 4 is 24.2 Å². The van der Waals surface area contributed by atoms with Gasteiger partial charge in [-0.2, -0.15) is 0 Å². The summed E-state index contributed by atoms with van der Waals surface area (Å²) in [6.07, 6.45) is 1.32. The molecule has 162 valence electrons. The van der Waals surface area contributed by atoms with Crippen LogP contribution in [0.3, 0.4) is 0 Å². The Kier molecular flexibility index (Phi) is 6.74. The van der Waals surface area contributed by atoms with Crippen LogP contribution in [0.1, 0.15) is 28.0 Å². The predicted octanol–water partition coefficient (Wildman–Crippen LogP) is 1.61. The normalized spacial score (nSPS) is 22.7. The van der Waals surface area contributed by atoms with Gasteiger partial charge in [0.2, 0.25) is 11.8 Å². The molecule has 2 saturated heterocycles. The number of nitrogens with zero attached hydrogens (tertiary/aromatic N) is 3. The molecule has 8 nitrogen and oxygen atoms in total. The van der Waals surface area contributed by atoms with Gasteiger partial charge < -0.3 is 24.7 Å². The lowest BCUT2D eigenvalue weighted by molar-refractivity contribution is -0.136. The molecule has 3 atom stereocenters. The molecule has 4 rings (SSSR count). The number of halogens is 2. The van der Waals surface area contributed by atoms with Crippen molar-refractivity contribution in [2.24, 2.45) is 17.6 Å². The Labute approximate surface area is 179 Å². The summed E-state index contributed by atoms with van der Waals surface area (Å²) in [5, 5.41) is 0. The van der Waals surface area contributed by atoms with Crippen molar-refractivity contribution in [3.05, 3.63) is 53.5 Å². The third-order valence-electron chi connectivity index (χ3n) is 5.68. The average Bonchev–Trinajstić information content (AvgIpc) is 3.41. The number of hydrogen-bond donors (Lipinski definition) is 1. The lowest BCUT2D eigenvalue weighted by Crippen LogP contribution is -2.39. The molecule has 0 radical (unpaired) electrons. The quantitative estimate of drug-likeness (QED) is 0.761. The largest absolute Gasteiger partial charge is 0.447 e. The number of nitrogens with two attached hydrogens (primary N) is 1. The fourth-order valence-corrected chi connectivity index (χ4v) is 4.46. The van der Waals surface area contributed by atoms with Crippen molar-refractivity contribution in [2.45, 2.75) is 12.6 Å². The van der Waals surface area contributed by atoms with E-state index in [2.05, 4.69) is 4.98 Å². The second-order valence-corrected chi connectivity index (χ2v) is 7.44. The smallest absolute Gasteiger partial charge is 0.275 e. The molecule has 0 saturated carbocycles. The van der Waals surface area contributed by atoms with Crippen LogP contribution in [0.25, 0.3) is 0 Å². The van der Waals surface area contributed by atoms with Crippen molar-refractivity contribution < 1.29 is 23.1 Å². The molecule has 2 aliphatic heterocycles. The van der Waals surface area contributed by atoms with Gasteiger partial charge in [0.25, 0.3) is 5.91 Å². The zero-order chi connectivity index (χ0) is 20.5. The number of benzene rings is 1. The maximum absolute atomic E-state index is 13.9. The fraction of sp³-hybridized carbons (Fsp3) is 0.450. The first-order chi connectivity index (χ1) is 14.0. The maximum Gasteiger partial charge on any atom is 0.275 e. The van der Waals surface area contributed by atoms with Gasteiger partial charge in [0.1, 0.15) is 18.7 Å². The van der Waals surface area contributed by atoms with E-state index in [0.29, 0.717) is 25.5 Å². The van der Waals surface area contributed by atoms with Gasteiger partial charge in [-0.1, -0.05) is 12.1 Å². The molecule has 2 amide bonds.